The van der Waals surface area contributed by atoms with Crippen molar-refractivity contribution >= 4 is 0 Å². The Hall–Kier alpha value is -1.71. The van der Waals surface area contributed by atoms with E-state index < -0.39 is 11.6 Å². The summed E-state index contributed by atoms with van der Waals surface area (Å²) < 4.78 is 27.0. The van der Waals surface area contributed by atoms with Crippen LogP contribution in [0.3, 0.4) is 0 Å². The van der Waals surface area contributed by atoms with Crippen LogP contribution in [-0.2, 0) is 6.42 Å². The number of aryl methyl sites for hydroxylation is 1. The zero-order valence-electron chi connectivity index (χ0n) is 14.4. The maximum Gasteiger partial charge on any atom is 0.140 e. The highest BCUT2D eigenvalue weighted by Gasteiger charge is 2.50. The molecule has 1 heterocycles. The van der Waals surface area contributed by atoms with Crippen LogP contribution in [0.25, 0.3) is 11.4 Å². The SMILES string of the molecule is Fc1ccc(-c2ncc(CCC34CC5CC(CC(C5)C3)C4)[nH]2)c(F)c1. The third-order valence-electron chi connectivity index (χ3n) is 6.90. The first kappa shape index (κ1) is 15.5. The van der Waals surface area contributed by atoms with Crippen molar-refractivity contribution in [2.45, 2.75) is 51.4 Å². The standard InChI is InChI=1S/C21H24F2N2/c22-16-1-2-18(19(23)8-16)20-24-12-17(25-20)3-4-21-9-13-5-14(10-21)7-15(6-13)11-21/h1-2,8,12-15H,3-7,9-11H2,(H,24,25). The van der Waals surface area contributed by atoms with Gasteiger partial charge in [0.2, 0.25) is 0 Å². The molecule has 0 unspecified atom stereocenters. The van der Waals surface area contributed by atoms with E-state index in [1.165, 1.54) is 57.1 Å². The van der Waals surface area contributed by atoms with Crippen LogP contribution in [0.1, 0.15) is 50.6 Å². The molecule has 1 aromatic carbocycles. The number of H-pyrrole nitrogens is 1. The quantitative estimate of drug-likeness (QED) is 0.780. The fourth-order valence-corrected chi connectivity index (χ4v) is 6.30. The van der Waals surface area contributed by atoms with Gasteiger partial charge < -0.3 is 4.98 Å². The maximum atomic E-state index is 13.9. The van der Waals surface area contributed by atoms with Gasteiger partial charge in [-0.05, 0) is 86.7 Å². The van der Waals surface area contributed by atoms with Gasteiger partial charge in [-0.2, -0.15) is 0 Å². The number of hydrogen-bond acceptors (Lipinski definition) is 1. The van der Waals surface area contributed by atoms with Gasteiger partial charge in [0.15, 0.2) is 0 Å². The molecule has 132 valence electrons. The number of rotatable bonds is 4. The summed E-state index contributed by atoms with van der Waals surface area (Å²) in [5.41, 5.74) is 1.94. The molecule has 0 atom stereocenters. The van der Waals surface area contributed by atoms with E-state index >= 15 is 0 Å². The van der Waals surface area contributed by atoms with Gasteiger partial charge >= 0.3 is 0 Å². The van der Waals surface area contributed by atoms with Gasteiger partial charge in [0.1, 0.15) is 17.5 Å². The minimum atomic E-state index is -0.568. The Balaban J connectivity index is 1.30. The van der Waals surface area contributed by atoms with Crippen LogP contribution in [0.2, 0.25) is 0 Å². The van der Waals surface area contributed by atoms with Gasteiger partial charge in [-0.15, -0.1) is 0 Å². The van der Waals surface area contributed by atoms with Crippen LogP contribution >= 0.6 is 0 Å². The van der Waals surface area contributed by atoms with Gasteiger partial charge in [0.05, 0.1) is 5.56 Å². The van der Waals surface area contributed by atoms with Crippen molar-refractivity contribution in [2.24, 2.45) is 23.2 Å². The first-order valence-electron chi connectivity index (χ1n) is 9.58. The van der Waals surface area contributed by atoms with Crippen molar-refractivity contribution in [1.82, 2.24) is 9.97 Å². The van der Waals surface area contributed by atoms with Crippen molar-refractivity contribution in [1.29, 1.82) is 0 Å². The lowest BCUT2D eigenvalue weighted by molar-refractivity contribution is -0.0570. The number of imidazole rings is 1. The lowest BCUT2D eigenvalue weighted by Crippen LogP contribution is -2.46. The van der Waals surface area contributed by atoms with E-state index in [4.69, 9.17) is 0 Å². The summed E-state index contributed by atoms with van der Waals surface area (Å²) in [6.45, 7) is 0. The summed E-state index contributed by atoms with van der Waals surface area (Å²) in [5, 5.41) is 0. The van der Waals surface area contributed by atoms with Crippen LogP contribution in [-0.4, -0.2) is 9.97 Å². The van der Waals surface area contributed by atoms with Crippen molar-refractivity contribution in [3.05, 3.63) is 41.7 Å². The molecule has 0 saturated heterocycles. The topological polar surface area (TPSA) is 28.7 Å². The second kappa shape index (κ2) is 5.65. The van der Waals surface area contributed by atoms with Crippen LogP contribution < -0.4 is 0 Å². The first-order valence-corrected chi connectivity index (χ1v) is 9.58. The fourth-order valence-electron chi connectivity index (χ4n) is 6.30. The largest absolute Gasteiger partial charge is 0.342 e. The Kier molecular flexibility index (Phi) is 3.51. The molecule has 6 rings (SSSR count). The molecule has 4 heteroatoms. The van der Waals surface area contributed by atoms with E-state index in [-0.39, 0.29) is 0 Å². The fraction of sp³-hybridized carbons (Fsp3) is 0.571. The van der Waals surface area contributed by atoms with E-state index in [0.717, 1.165) is 35.9 Å². The molecular weight excluding hydrogens is 318 g/mol. The molecule has 4 aliphatic rings. The lowest BCUT2D eigenvalue weighted by Gasteiger charge is -2.57. The average molecular weight is 342 g/mol. The maximum absolute atomic E-state index is 13.9. The number of nitrogens with one attached hydrogen (secondary N) is 1. The summed E-state index contributed by atoms with van der Waals surface area (Å²) in [6.07, 6.45) is 12.6. The lowest BCUT2D eigenvalue weighted by atomic mass is 9.48. The molecular formula is C21H24F2N2. The summed E-state index contributed by atoms with van der Waals surface area (Å²) in [6, 6.07) is 3.63. The molecule has 1 aromatic heterocycles. The van der Waals surface area contributed by atoms with Crippen LogP contribution in [0.5, 0.6) is 0 Å². The second-order valence-corrected chi connectivity index (χ2v) is 8.80. The van der Waals surface area contributed by atoms with Crippen molar-refractivity contribution in [2.75, 3.05) is 0 Å². The molecule has 2 aromatic rings. The Labute approximate surface area is 147 Å². The zero-order chi connectivity index (χ0) is 17.0. The number of aromatic amines is 1. The highest BCUT2D eigenvalue weighted by molar-refractivity contribution is 5.56. The Morgan fingerprint density at radius 3 is 2.36 bits per heavy atom. The van der Waals surface area contributed by atoms with Crippen molar-refractivity contribution in [3.8, 4) is 11.4 Å². The molecule has 4 aliphatic carbocycles. The predicted molar refractivity (Wildman–Crippen MR) is 92.9 cm³/mol. The van der Waals surface area contributed by atoms with Crippen LogP contribution in [0.4, 0.5) is 8.78 Å². The summed E-state index contributed by atoms with van der Waals surface area (Å²) in [5.74, 6) is 2.28. The van der Waals surface area contributed by atoms with Gasteiger partial charge in [-0.1, -0.05) is 0 Å². The van der Waals surface area contributed by atoms with E-state index in [0.29, 0.717) is 16.8 Å². The van der Waals surface area contributed by atoms with Gasteiger partial charge in [0, 0.05) is 18.0 Å². The Morgan fingerprint density at radius 2 is 1.72 bits per heavy atom. The molecule has 0 aliphatic heterocycles. The molecule has 4 bridgehead atoms. The molecule has 0 radical (unpaired) electrons. The average Bonchev–Trinajstić information content (AvgIpc) is 3.00. The van der Waals surface area contributed by atoms with Crippen LogP contribution in [0, 0.1) is 34.8 Å². The number of hydrogen-bond donors (Lipinski definition) is 1. The number of halogens is 2. The minimum absolute atomic E-state index is 0.336. The Bertz CT molecular complexity index is 760. The monoisotopic (exact) mass is 342 g/mol. The number of benzene rings is 1. The van der Waals surface area contributed by atoms with Crippen molar-refractivity contribution in [3.63, 3.8) is 0 Å². The normalized spacial score (nSPS) is 33.1. The molecule has 1 N–H and O–H groups in total. The highest BCUT2D eigenvalue weighted by atomic mass is 19.1. The van der Waals surface area contributed by atoms with Gasteiger partial charge in [-0.3, -0.25) is 0 Å². The summed E-state index contributed by atoms with van der Waals surface area (Å²) >= 11 is 0. The summed E-state index contributed by atoms with van der Waals surface area (Å²) in [4.78, 5) is 7.57. The second-order valence-electron chi connectivity index (χ2n) is 8.80. The Morgan fingerprint density at radius 1 is 1.04 bits per heavy atom. The number of nitrogens with zero attached hydrogens (tertiary/aromatic N) is 1. The van der Waals surface area contributed by atoms with Crippen LogP contribution in [0.15, 0.2) is 24.4 Å². The molecule has 4 fully saturated rings. The number of aromatic nitrogens is 2. The van der Waals surface area contributed by atoms with E-state index in [1.807, 2.05) is 6.20 Å². The third kappa shape index (κ3) is 2.80. The van der Waals surface area contributed by atoms with Crippen molar-refractivity contribution < 1.29 is 8.78 Å². The van der Waals surface area contributed by atoms with Gasteiger partial charge in [0.25, 0.3) is 0 Å². The van der Waals surface area contributed by atoms with E-state index in [9.17, 15) is 8.78 Å². The molecule has 4 saturated carbocycles. The molecule has 0 spiro atoms. The van der Waals surface area contributed by atoms with E-state index in [2.05, 4.69) is 9.97 Å². The molecule has 2 nitrogen and oxygen atoms in total. The highest BCUT2D eigenvalue weighted by Crippen LogP contribution is 2.61. The minimum Gasteiger partial charge on any atom is -0.342 e. The predicted octanol–water partition coefficient (Wildman–Crippen LogP) is 5.50. The smallest absolute Gasteiger partial charge is 0.140 e. The summed E-state index contributed by atoms with van der Waals surface area (Å²) in [7, 11) is 0. The zero-order valence-corrected chi connectivity index (χ0v) is 14.4. The van der Waals surface area contributed by atoms with E-state index in [1.54, 1.807) is 0 Å². The molecule has 25 heavy (non-hydrogen) atoms. The third-order valence-corrected chi connectivity index (χ3v) is 6.90. The van der Waals surface area contributed by atoms with Gasteiger partial charge in [-0.25, -0.2) is 13.8 Å². The first-order chi connectivity index (χ1) is 12.1. The molecule has 0 amide bonds.